The fourth-order valence-electron chi connectivity index (χ4n) is 6.63. The Balaban J connectivity index is 1.66. The Morgan fingerprint density at radius 2 is 1.90 bits per heavy atom. The van der Waals surface area contributed by atoms with Crippen LogP contribution >= 0.6 is 11.8 Å². The Labute approximate surface area is 196 Å². The molecule has 0 aliphatic heterocycles. The lowest BCUT2D eigenvalue weighted by Crippen LogP contribution is -2.44. The normalized spacial score (nSPS) is 31.9. The van der Waals surface area contributed by atoms with Gasteiger partial charge in [-0.25, -0.2) is 0 Å². The summed E-state index contributed by atoms with van der Waals surface area (Å²) in [6, 6.07) is 5.04. The average Bonchev–Trinajstić information content (AvgIpc) is 3.03. The van der Waals surface area contributed by atoms with Gasteiger partial charge >= 0.3 is 0 Å². The first kappa shape index (κ1) is 23.5. The predicted octanol–water partition coefficient (Wildman–Crippen LogP) is 8.74. The van der Waals surface area contributed by atoms with E-state index in [9.17, 15) is 0 Å². The second-order valence-electron chi connectivity index (χ2n) is 12.2. The molecule has 0 heterocycles. The Morgan fingerprint density at radius 3 is 2.55 bits per heavy atom. The van der Waals surface area contributed by atoms with Crippen LogP contribution in [-0.4, -0.2) is 14.6 Å². The standard InChI is InChI=1S/C28H44OSSi/c1-9-19-16-24-20(17-26(19)29-31(7,8)27(2,3)4)10-12-23-22(24)14-15-28(5)21(18-30-6)11-13-25(23)28/h16-18,22-23,25H,9-15H2,1-8H3/b21-18+/t22?,23?,25?,28-/m1/s1. The van der Waals surface area contributed by atoms with Crippen molar-refractivity contribution in [3.05, 3.63) is 39.8 Å². The van der Waals surface area contributed by atoms with Gasteiger partial charge in [-0.3, -0.25) is 0 Å². The van der Waals surface area contributed by atoms with Crippen molar-refractivity contribution in [2.24, 2.45) is 17.3 Å². The van der Waals surface area contributed by atoms with Crippen LogP contribution in [0.2, 0.25) is 18.1 Å². The Bertz CT molecular complexity index is 864. The summed E-state index contributed by atoms with van der Waals surface area (Å²) in [5.41, 5.74) is 6.92. The SMILES string of the molecule is CCc1cc2c(cc1O[Si](C)(C)C(C)(C)C)CCC1C2CC[C@]2(C)/C(=C/SC)CCC12. The smallest absolute Gasteiger partial charge is 0.250 e. The summed E-state index contributed by atoms with van der Waals surface area (Å²) >= 11 is 1.91. The number of hydrogen-bond donors (Lipinski definition) is 0. The largest absolute Gasteiger partial charge is 0.543 e. The second kappa shape index (κ2) is 8.28. The van der Waals surface area contributed by atoms with E-state index in [1.807, 2.05) is 11.8 Å². The van der Waals surface area contributed by atoms with Gasteiger partial charge in [0.1, 0.15) is 5.75 Å². The molecule has 31 heavy (non-hydrogen) atoms. The maximum absolute atomic E-state index is 6.85. The van der Waals surface area contributed by atoms with Crippen molar-refractivity contribution in [3.8, 4) is 5.75 Å². The first-order valence-electron chi connectivity index (χ1n) is 12.6. The number of rotatable bonds is 4. The maximum atomic E-state index is 6.85. The van der Waals surface area contributed by atoms with Gasteiger partial charge in [-0.15, -0.1) is 11.8 Å². The molecule has 1 nitrogen and oxygen atoms in total. The summed E-state index contributed by atoms with van der Waals surface area (Å²) in [6.45, 7) is 16.7. The van der Waals surface area contributed by atoms with Crippen molar-refractivity contribution >= 4 is 20.1 Å². The molecule has 4 atom stereocenters. The van der Waals surface area contributed by atoms with Crippen molar-refractivity contribution in [1.29, 1.82) is 0 Å². The van der Waals surface area contributed by atoms with Crippen LogP contribution in [0, 0.1) is 17.3 Å². The van der Waals surface area contributed by atoms with E-state index in [1.165, 1.54) is 49.8 Å². The number of aryl methyl sites for hydroxylation is 2. The number of fused-ring (bicyclic) bond motifs is 5. The molecule has 3 aliphatic rings. The highest BCUT2D eigenvalue weighted by molar-refractivity contribution is 8.01. The van der Waals surface area contributed by atoms with Gasteiger partial charge in [-0.2, -0.15) is 0 Å². The van der Waals surface area contributed by atoms with Crippen molar-refractivity contribution in [1.82, 2.24) is 0 Å². The Morgan fingerprint density at radius 1 is 1.16 bits per heavy atom. The third kappa shape index (κ3) is 3.96. The highest BCUT2D eigenvalue weighted by Crippen LogP contribution is 2.63. The van der Waals surface area contributed by atoms with E-state index in [0.717, 1.165) is 24.2 Å². The van der Waals surface area contributed by atoms with Crippen LogP contribution in [0.1, 0.15) is 89.3 Å². The van der Waals surface area contributed by atoms with Gasteiger partial charge in [0.15, 0.2) is 0 Å². The van der Waals surface area contributed by atoms with E-state index in [4.69, 9.17) is 4.43 Å². The van der Waals surface area contributed by atoms with E-state index in [-0.39, 0.29) is 5.04 Å². The minimum Gasteiger partial charge on any atom is -0.543 e. The zero-order valence-electron chi connectivity index (χ0n) is 21.2. The van der Waals surface area contributed by atoms with Crippen LogP contribution in [0.5, 0.6) is 5.75 Å². The highest BCUT2D eigenvalue weighted by atomic mass is 32.2. The minimum absolute atomic E-state index is 0.233. The molecule has 0 bridgehead atoms. The molecule has 1 aromatic carbocycles. The van der Waals surface area contributed by atoms with E-state index in [1.54, 1.807) is 16.7 Å². The highest BCUT2D eigenvalue weighted by Gasteiger charge is 2.52. The van der Waals surface area contributed by atoms with Crippen molar-refractivity contribution < 1.29 is 4.43 Å². The van der Waals surface area contributed by atoms with Crippen LogP contribution in [-0.2, 0) is 12.8 Å². The molecule has 0 spiro atoms. The topological polar surface area (TPSA) is 9.23 Å². The lowest BCUT2D eigenvalue weighted by atomic mass is 9.55. The van der Waals surface area contributed by atoms with Gasteiger partial charge in [0.25, 0.3) is 0 Å². The zero-order chi connectivity index (χ0) is 22.6. The first-order valence-corrected chi connectivity index (χ1v) is 16.8. The van der Waals surface area contributed by atoms with Crippen LogP contribution in [0.15, 0.2) is 23.1 Å². The Kier molecular flexibility index (Phi) is 6.27. The lowest BCUT2D eigenvalue weighted by Gasteiger charge is -2.50. The van der Waals surface area contributed by atoms with Gasteiger partial charge in [0.05, 0.1) is 0 Å². The number of thioether (sulfide) groups is 1. The molecule has 0 N–H and O–H groups in total. The van der Waals surface area contributed by atoms with Crippen LogP contribution in [0.3, 0.4) is 0 Å². The molecule has 172 valence electrons. The molecule has 3 aliphatic carbocycles. The van der Waals surface area contributed by atoms with Gasteiger partial charge in [0.2, 0.25) is 8.32 Å². The summed E-state index contributed by atoms with van der Waals surface area (Å²) in [4.78, 5) is 0. The summed E-state index contributed by atoms with van der Waals surface area (Å²) in [6.07, 6.45) is 11.4. The van der Waals surface area contributed by atoms with E-state index >= 15 is 0 Å². The van der Waals surface area contributed by atoms with Gasteiger partial charge in [0, 0.05) is 0 Å². The summed E-state index contributed by atoms with van der Waals surface area (Å²) in [7, 11) is -1.82. The number of benzene rings is 1. The fourth-order valence-corrected chi connectivity index (χ4v) is 8.35. The predicted molar refractivity (Wildman–Crippen MR) is 140 cm³/mol. The molecule has 4 rings (SSSR count). The average molecular weight is 457 g/mol. The number of allylic oxidation sites excluding steroid dienone is 1. The van der Waals surface area contributed by atoms with Crippen LogP contribution < -0.4 is 4.43 Å². The molecule has 1 aromatic rings. The lowest BCUT2D eigenvalue weighted by molar-refractivity contribution is 0.0815. The summed E-state index contributed by atoms with van der Waals surface area (Å²) in [5.74, 6) is 3.71. The molecule has 0 radical (unpaired) electrons. The molecular formula is C28H44OSSi. The van der Waals surface area contributed by atoms with Gasteiger partial charge < -0.3 is 4.43 Å². The van der Waals surface area contributed by atoms with Gasteiger partial charge in [-0.05, 0) is 121 Å². The Hall–Kier alpha value is -0.673. The van der Waals surface area contributed by atoms with E-state index in [2.05, 4.69) is 71.5 Å². The second-order valence-corrected chi connectivity index (χ2v) is 17.6. The monoisotopic (exact) mass is 456 g/mol. The molecule has 3 heteroatoms. The first-order chi connectivity index (χ1) is 14.5. The molecule has 3 unspecified atom stereocenters. The summed E-state index contributed by atoms with van der Waals surface area (Å²) < 4.78 is 6.85. The van der Waals surface area contributed by atoms with Crippen LogP contribution in [0.4, 0.5) is 0 Å². The molecular weight excluding hydrogens is 412 g/mol. The summed E-state index contributed by atoms with van der Waals surface area (Å²) in [5, 5.41) is 2.72. The van der Waals surface area contributed by atoms with Crippen molar-refractivity contribution in [3.63, 3.8) is 0 Å². The quantitative estimate of drug-likeness (QED) is 0.419. The van der Waals surface area contributed by atoms with Crippen LogP contribution in [0.25, 0.3) is 0 Å². The molecule has 2 saturated carbocycles. The van der Waals surface area contributed by atoms with Crippen molar-refractivity contribution in [2.75, 3.05) is 6.26 Å². The van der Waals surface area contributed by atoms with Crippen molar-refractivity contribution in [2.45, 2.75) is 104 Å². The van der Waals surface area contributed by atoms with Gasteiger partial charge in [-0.1, -0.05) is 46.3 Å². The maximum Gasteiger partial charge on any atom is 0.250 e. The third-order valence-electron chi connectivity index (χ3n) is 9.57. The molecule has 2 fully saturated rings. The molecule has 0 saturated heterocycles. The molecule has 0 amide bonds. The zero-order valence-corrected chi connectivity index (χ0v) is 23.0. The van der Waals surface area contributed by atoms with E-state index in [0.29, 0.717) is 5.41 Å². The number of hydrogen-bond acceptors (Lipinski definition) is 2. The molecule has 0 aromatic heterocycles. The fraction of sp³-hybridized carbons (Fsp3) is 0.714. The third-order valence-corrected chi connectivity index (χ3v) is 14.4. The van der Waals surface area contributed by atoms with E-state index < -0.39 is 8.32 Å². The minimum atomic E-state index is -1.82.